The third kappa shape index (κ3) is 17.8. The van der Waals surface area contributed by atoms with Crippen molar-refractivity contribution in [1.29, 1.82) is 0 Å². The Bertz CT molecular complexity index is 2430. The Kier molecular flexibility index (Phi) is 22.1. The van der Waals surface area contributed by atoms with Gasteiger partial charge in [0.25, 0.3) is 0 Å². The van der Waals surface area contributed by atoms with Gasteiger partial charge in [0, 0.05) is 11.1 Å². The van der Waals surface area contributed by atoms with E-state index in [0.717, 1.165) is 65.5 Å². The molecular weight excluding hydrogens is 905 g/mol. The number of carbonyl (C=O) groups is 6. The number of benzene rings is 3. The van der Waals surface area contributed by atoms with E-state index in [2.05, 4.69) is 34.6 Å². The Balaban J connectivity index is 1.25. The summed E-state index contributed by atoms with van der Waals surface area (Å²) in [5.74, 6) is -1.98. The number of ketones is 2. The second kappa shape index (κ2) is 27.4. The summed E-state index contributed by atoms with van der Waals surface area (Å²) >= 11 is 0. The van der Waals surface area contributed by atoms with Gasteiger partial charge in [0.05, 0.1) is 45.8 Å². The van der Waals surface area contributed by atoms with Gasteiger partial charge in [-0.2, -0.15) is 0 Å². The van der Waals surface area contributed by atoms with E-state index in [9.17, 15) is 33.9 Å². The van der Waals surface area contributed by atoms with Crippen LogP contribution in [0.25, 0.3) is 12.2 Å². The van der Waals surface area contributed by atoms with E-state index in [1.54, 1.807) is 12.1 Å². The number of ether oxygens (including phenoxy) is 5. The molecule has 13 heteroatoms. The predicted molar refractivity (Wildman–Crippen MR) is 275 cm³/mol. The zero-order valence-corrected chi connectivity index (χ0v) is 43.6. The molecule has 1 heterocycles. The van der Waals surface area contributed by atoms with E-state index in [1.807, 2.05) is 20.8 Å². The first-order chi connectivity index (χ1) is 33.6. The Morgan fingerprint density at radius 2 is 1.24 bits per heavy atom. The quantitative estimate of drug-likeness (QED) is 0.0289. The molecule has 0 bridgehead atoms. The molecule has 4 atom stereocenters. The highest BCUT2D eigenvalue weighted by Crippen LogP contribution is 2.45. The van der Waals surface area contributed by atoms with E-state index in [0.29, 0.717) is 22.8 Å². The number of carbonyl (C=O) groups excluding carboxylic acids is 4. The molecule has 4 rings (SSSR count). The molecule has 2 N–H and O–H groups in total. The monoisotopic (exact) mass is 981 g/mol. The second-order valence-electron chi connectivity index (χ2n) is 20.0. The van der Waals surface area contributed by atoms with Gasteiger partial charge in [-0.25, -0.2) is 0 Å². The average Bonchev–Trinajstić information content (AvgIpc) is 3.31. The van der Waals surface area contributed by atoms with Crippen molar-refractivity contribution in [2.75, 3.05) is 14.2 Å². The van der Waals surface area contributed by atoms with Crippen molar-refractivity contribution >= 4 is 47.6 Å². The topological polar surface area (TPSA) is 189 Å². The van der Waals surface area contributed by atoms with Crippen molar-refractivity contribution in [2.24, 2.45) is 17.8 Å². The highest BCUT2D eigenvalue weighted by Gasteiger charge is 2.35. The van der Waals surface area contributed by atoms with Crippen LogP contribution in [0.1, 0.15) is 169 Å². The fourth-order valence-electron chi connectivity index (χ4n) is 9.12. The summed E-state index contributed by atoms with van der Waals surface area (Å²) in [4.78, 5) is 74.3. The first kappa shape index (κ1) is 57.3. The molecule has 1 aliphatic rings. The Labute approximate surface area is 420 Å². The number of esters is 2. The van der Waals surface area contributed by atoms with Gasteiger partial charge in [-0.3, -0.25) is 28.8 Å². The van der Waals surface area contributed by atoms with E-state index in [4.69, 9.17) is 28.8 Å². The molecule has 0 spiro atoms. The van der Waals surface area contributed by atoms with Crippen molar-refractivity contribution in [2.45, 2.75) is 163 Å². The van der Waals surface area contributed by atoms with Crippen molar-refractivity contribution in [1.82, 2.24) is 0 Å². The third-order valence-corrected chi connectivity index (χ3v) is 13.6. The number of rotatable bonds is 29. The third-order valence-electron chi connectivity index (χ3n) is 13.6. The van der Waals surface area contributed by atoms with E-state index in [-0.39, 0.29) is 41.3 Å². The second-order valence-corrected chi connectivity index (χ2v) is 20.0. The van der Waals surface area contributed by atoms with Gasteiger partial charge < -0.3 is 33.9 Å². The molecule has 13 nitrogen and oxygen atoms in total. The highest BCUT2D eigenvalue weighted by molar-refractivity contribution is 6.11. The fraction of sp³-hybridized carbons (Fsp3) is 0.517. The lowest BCUT2D eigenvalue weighted by molar-refractivity contribution is -0.145. The summed E-state index contributed by atoms with van der Waals surface area (Å²) in [7, 11) is 2.72. The summed E-state index contributed by atoms with van der Waals surface area (Å²) in [6.07, 6.45) is 16.7. The Morgan fingerprint density at radius 1 is 0.690 bits per heavy atom. The number of carboxylic acids is 2. The number of carboxylic acid groups (broad SMARTS) is 2. The normalized spacial score (nSPS) is 15.7. The SMILES string of the molecule is COc1cc(/C=C/C(=O)CC(=O)/C=C/c2ccc(C(CC(=O)O)C(=O)O)c(OC)c2)ccc1OC(=O)CCC(=O)Oc1c(C)c(C)c2c(c1C)CC[C@@](C)(CCC[C@@H](C)CCC[C@H](C)CCCC(C)C)O2. The first-order valence-electron chi connectivity index (χ1n) is 25.1. The maximum absolute atomic E-state index is 13.2. The number of methoxy groups -OCH3 is 2. The molecule has 1 aliphatic heterocycles. The largest absolute Gasteiger partial charge is 0.496 e. The lowest BCUT2D eigenvalue weighted by atomic mass is 9.83. The van der Waals surface area contributed by atoms with Gasteiger partial charge in [0.1, 0.15) is 22.8 Å². The van der Waals surface area contributed by atoms with Crippen LogP contribution in [0.3, 0.4) is 0 Å². The minimum atomic E-state index is -1.33. The molecule has 0 aliphatic carbocycles. The first-order valence-corrected chi connectivity index (χ1v) is 25.1. The summed E-state index contributed by atoms with van der Waals surface area (Å²) in [5, 5.41) is 18.7. The van der Waals surface area contributed by atoms with Crippen molar-refractivity contribution in [3.05, 3.63) is 87.5 Å². The highest BCUT2D eigenvalue weighted by atomic mass is 16.6. The van der Waals surface area contributed by atoms with E-state index < -0.39 is 54.2 Å². The van der Waals surface area contributed by atoms with Crippen LogP contribution in [-0.2, 0) is 35.2 Å². The van der Waals surface area contributed by atoms with Crippen LogP contribution in [0.5, 0.6) is 28.7 Å². The molecule has 1 unspecified atom stereocenters. The van der Waals surface area contributed by atoms with Crippen molar-refractivity contribution < 1.29 is 62.7 Å². The van der Waals surface area contributed by atoms with Gasteiger partial charge >= 0.3 is 23.9 Å². The lowest BCUT2D eigenvalue weighted by Crippen LogP contribution is -2.37. The van der Waals surface area contributed by atoms with Crippen LogP contribution in [0, 0.1) is 38.5 Å². The number of fused-ring (bicyclic) bond motifs is 1. The Hall–Kier alpha value is -6.24. The van der Waals surface area contributed by atoms with Crippen LogP contribution >= 0.6 is 0 Å². The maximum atomic E-state index is 13.2. The molecule has 0 fully saturated rings. The number of hydrogen-bond acceptors (Lipinski definition) is 11. The van der Waals surface area contributed by atoms with E-state index >= 15 is 0 Å². The van der Waals surface area contributed by atoms with Crippen molar-refractivity contribution in [3.8, 4) is 28.7 Å². The molecule has 0 saturated carbocycles. The summed E-state index contributed by atoms with van der Waals surface area (Å²) < 4.78 is 29.0. The van der Waals surface area contributed by atoms with Crippen LogP contribution < -0.4 is 23.7 Å². The molecule has 3 aromatic carbocycles. The smallest absolute Gasteiger partial charge is 0.311 e. The minimum absolute atomic E-state index is 0.117. The molecule has 3 aromatic rings. The van der Waals surface area contributed by atoms with Gasteiger partial charge in [0.2, 0.25) is 0 Å². The van der Waals surface area contributed by atoms with Gasteiger partial charge in [0.15, 0.2) is 23.1 Å². The van der Waals surface area contributed by atoms with Gasteiger partial charge in [-0.1, -0.05) is 103 Å². The number of hydrogen-bond donors (Lipinski definition) is 2. The van der Waals surface area contributed by atoms with Crippen LogP contribution in [0.15, 0.2) is 48.6 Å². The molecule has 386 valence electrons. The van der Waals surface area contributed by atoms with Crippen molar-refractivity contribution in [3.63, 3.8) is 0 Å². The standard InChI is InChI=1S/C58H76O13/c1-36(2)14-11-15-37(3)16-12-17-38(4)18-13-30-58(8)31-29-46-41(7)55(39(5)40(6)56(46)71-58)70-54(64)28-27-53(63)69-49-26-22-43(33-51(49)68-10)20-24-45(60)34-44(59)23-19-42-21-25-47(50(32-42)67-9)48(57(65)66)35-52(61)62/h19-26,32-33,36-38,48H,11-18,27-31,34-35H2,1-10H3,(H,61,62)(H,65,66)/b23-19+,24-20+/t37-,38+,48?,58-/m1/s1. The average molecular weight is 981 g/mol. The summed E-state index contributed by atoms with van der Waals surface area (Å²) in [6.45, 7) is 17.5. The zero-order valence-electron chi connectivity index (χ0n) is 43.6. The van der Waals surface area contributed by atoms with Crippen LogP contribution in [0.4, 0.5) is 0 Å². The van der Waals surface area contributed by atoms with Gasteiger partial charge in [-0.05, 0) is 129 Å². The number of aliphatic carboxylic acids is 2. The Morgan fingerprint density at radius 3 is 1.80 bits per heavy atom. The molecule has 71 heavy (non-hydrogen) atoms. The molecule has 0 amide bonds. The summed E-state index contributed by atoms with van der Waals surface area (Å²) in [6, 6.07) is 9.08. The minimum Gasteiger partial charge on any atom is -0.496 e. The van der Waals surface area contributed by atoms with E-state index in [1.165, 1.54) is 108 Å². The molecule has 0 saturated heterocycles. The number of allylic oxidation sites excluding steroid dienone is 2. The summed E-state index contributed by atoms with van der Waals surface area (Å²) in [5.41, 5.74) is 4.62. The maximum Gasteiger partial charge on any atom is 0.311 e. The van der Waals surface area contributed by atoms with Crippen LogP contribution in [0.2, 0.25) is 0 Å². The zero-order chi connectivity index (χ0) is 52.4. The molecular formula is C58H76O13. The molecule has 0 aromatic heterocycles. The fourth-order valence-corrected chi connectivity index (χ4v) is 9.12. The van der Waals surface area contributed by atoms with Gasteiger partial charge in [-0.15, -0.1) is 0 Å². The lowest BCUT2D eigenvalue weighted by Gasteiger charge is -2.38. The predicted octanol–water partition coefficient (Wildman–Crippen LogP) is 12.3. The van der Waals surface area contributed by atoms with Crippen LogP contribution in [-0.4, -0.2) is 65.5 Å². The molecule has 0 radical (unpaired) electrons.